The van der Waals surface area contributed by atoms with Crippen molar-refractivity contribution in [2.75, 3.05) is 72.2 Å². The van der Waals surface area contributed by atoms with Gasteiger partial charge in [0.15, 0.2) is 0 Å². The van der Waals surface area contributed by atoms with E-state index in [1.165, 1.54) is 0 Å². The molecule has 0 saturated carbocycles. The predicted molar refractivity (Wildman–Crippen MR) is 132 cm³/mol. The summed E-state index contributed by atoms with van der Waals surface area (Å²) in [5.41, 5.74) is -0.450. The molecule has 14 heteroatoms. The minimum absolute atomic E-state index is 0.00565. The Morgan fingerprint density at radius 3 is 1.73 bits per heavy atom. The van der Waals surface area contributed by atoms with E-state index in [1.54, 1.807) is 19.6 Å². The summed E-state index contributed by atoms with van der Waals surface area (Å²) >= 11 is 0. The maximum absolute atomic E-state index is 12.3. The number of carbonyl (C=O) groups excluding carboxylic acids is 2. The number of nitrogens with one attached hydrogen (secondary N) is 1. The second kappa shape index (κ2) is 16.1. The number of carboxylic acids is 3. The zero-order chi connectivity index (χ0) is 28.0. The lowest BCUT2D eigenvalue weighted by molar-refractivity contribution is -0.144. The molecule has 0 aromatic carbocycles. The highest BCUT2D eigenvalue weighted by molar-refractivity contribution is 5.79. The lowest BCUT2D eigenvalue weighted by Gasteiger charge is -2.35. The third-order valence-electron chi connectivity index (χ3n) is 5.80. The normalized spacial score (nSPS) is 18.7. The predicted octanol–water partition coefficient (Wildman–Crippen LogP) is -1.34. The van der Waals surface area contributed by atoms with Crippen molar-refractivity contribution >= 4 is 30.3 Å². The van der Waals surface area contributed by atoms with Crippen molar-refractivity contribution < 1.29 is 44.0 Å². The van der Waals surface area contributed by atoms with E-state index in [9.17, 15) is 39.3 Å². The number of hydrogen-bond donors (Lipinski definition) is 4. The van der Waals surface area contributed by atoms with Gasteiger partial charge in [-0.3, -0.25) is 43.6 Å². The Hall–Kier alpha value is -2.81. The van der Waals surface area contributed by atoms with Crippen molar-refractivity contribution in [2.24, 2.45) is 0 Å². The van der Waals surface area contributed by atoms with E-state index in [-0.39, 0.29) is 71.3 Å². The van der Waals surface area contributed by atoms with Crippen LogP contribution in [0, 0.1) is 0 Å². The van der Waals surface area contributed by atoms with Gasteiger partial charge in [0.05, 0.1) is 13.1 Å². The molecule has 1 atom stereocenters. The maximum atomic E-state index is 12.3. The highest BCUT2D eigenvalue weighted by Crippen LogP contribution is 2.11. The van der Waals surface area contributed by atoms with Crippen LogP contribution in [-0.2, 0) is 28.7 Å². The zero-order valence-corrected chi connectivity index (χ0v) is 21.9. The number of ether oxygens (including phenoxy) is 1. The highest BCUT2D eigenvalue weighted by atomic mass is 16.5. The third-order valence-corrected chi connectivity index (χ3v) is 5.80. The first-order valence-corrected chi connectivity index (χ1v) is 12.2. The first-order chi connectivity index (χ1) is 17.3. The van der Waals surface area contributed by atoms with Gasteiger partial charge in [-0.15, -0.1) is 0 Å². The third kappa shape index (κ3) is 14.5. The SMILES string of the molecule is CC(C)(C)NC(=O)CCC(C(=O)O)N1CCN(COC=O)CCN(CC(=O)O)CCN(CC(=O)O)CC1. The van der Waals surface area contributed by atoms with Crippen LogP contribution in [0.3, 0.4) is 0 Å². The van der Waals surface area contributed by atoms with Gasteiger partial charge in [0.25, 0.3) is 6.47 Å². The van der Waals surface area contributed by atoms with Crippen LogP contribution in [0.5, 0.6) is 0 Å². The molecular weight excluding hydrogens is 490 g/mol. The summed E-state index contributed by atoms with van der Waals surface area (Å²) in [7, 11) is 0. The summed E-state index contributed by atoms with van der Waals surface area (Å²) in [6.07, 6.45) is 0.0685. The van der Waals surface area contributed by atoms with Crippen molar-refractivity contribution in [1.29, 1.82) is 0 Å². The summed E-state index contributed by atoms with van der Waals surface area (Å²) in [6, 6.07) is -0.988. The van der Waals surface area contributed by atoms with Gasteiger partial charge in [-0.1, -0.05) is 0 Å². The van der Waals surface area contributed by atoms with Crippen LogP contribution in [-0.4, -0.2) is 149 Å². The standard InChI is InChI=1S/C23H41N5O9/c1-23(2,3)24-19(30)5-4-18(22(35)36)28-12-10-26(15-21(33)34)7-6-25(14-20(31)32)8-9-27(11-13-28)16-37-17-29/h17-18H,4-16H2,1-3H3,(H,24,30)(H,31,32)(H,33,34)(H,35,36). The van der Waals surface area contributed by atoms with Gasteiger partial charge >= 0.3 is 17.9 Å². The summed E-state index contributed by atoms with van der Waals surface area (Å²) in [4.78, 5) is 64.8. The van der Waals surface area contributed by atoms with E-state index in [4.69, 9.17) is 4.74 Å². The molecule has 1 saturated heterocycles. The minimum Gasteiger partial charge on any atom is -0.480 e. The molecule has 14 nitrogen and oxygen atoms in total. The van der Waals surface area contributed by atoms with E-state index in [0.29, 0.717) is 26.1 Å². The second-order valence-electron chi connectivity index (χ2n) is 10.1. The lowest BCUT2D eigenvalue weighted by Crippen LogP contribution is -2.51. The molecule has 37 heavy (non-hydrogen) atoms. The quantitative estimate of drug-likeness (QED) is 0.217. The average Bonchev–Trinajstić information content (AvgIpc) is 2.75. The van der Waals surface area contributed by atoms with Crippen LogP contribution < -0.4 is 5.32 Å². The van der Waals surface area contributed by atoms with Crippen molar-refractivity contribution in [2.45, 2.75) is 45.2 Å². The van der Waals surface area contributed by atoms with Gasteiger partial charge in [0, 0.05) is 64.3 Å². The van der Waals surface area contributed by atoms with E-state index in [2.05, 4.69) is 5.32 Å². The lowest BCUT2D eigenvalue weighted by atomic mass is 10.1. The number of nitrogens with zero attached hydrogens (tertiary/aromatic N) is 4. The van der Waals surface area contributed by atoms with Crippen molar-refractivity contribution in [1.82, 2.24) is 24.9 Å². The molecule has 0 spiro atoms. The average molecular weight is 532 g/mol. The van der Waals surface area contributed by atoms with Crippen LogP contribution in [0.15, 0.2) is 0 Å². The number of hydrogen-bond acceptors (Lipinski definition) is 10. The summed E-state index contributed by atoms with van der Waals surface area (Å²) in [5.74, 6) is -3.42. The van der Waals surface area contributed by atoms with E-state index < -0.39 is 29.5 Å². The van der Waals surface area contributed by atoms with Gasteiger partial charge in [0.2, 0.25) is 5.91 Å². The second-order valence-corrected chi connectivity index (χ2v) is 10.1. The molecule has 0 aromatic rings. The Bertz CT molecular complexity index is 774. The molecule has 1 unspecified atom stereocenters. The van der Waals surface area contributed by atoms with Crippen molar-refractivity contribution in [3.8, 4) is 0 Å². The summed E-state index contributed by atoms with van der Waals surface area (Å²) < 4.78 is 4.89. The van der Waals surface area contributed by atoms with Crippen LogP contribution >= 0.6 is 0 Å². The molecule has 0 aliphatic carbocycles. The minimum atomic E-state index is -1.09. The number of amides is 1. The largest absolute Gasteiger partial charge is 0.480 e. The molecule has 0 bridgehead atoms. The molecule has 1 heterocycles. The molecule has 0 radical (unpaired) electrons. The molecule has 1 aliphatic heterocycles. The number of aliphatic carboxylic acids is 3. The van der Waals surface area contributed by atoms with Crippen LogP contribution in [0.1, 0.15) is 33.6 Å². The molecule has 212 valence electrons. The van der Waals surface area contributed by atoms with Gasteiger partial charge in [-0.05, 0) is 27.2 Å². The molecule has 1 amide bonds. The molecule has 1 fully saturated rings. The fraction of sp³-hybridized carbons (Fsp3) is 0.783. The number of carboxylic acid groups (broad SMARTS) is 3. The number of rotatable bonds is 12. The van der Waals surface area contributed by atoms with Gasteiger partial charge < -0.3 is 25.4 Å². The highest BCUT2D eigenvalue weighted by Gasteiger charge is 2.28. The monoisotopic (exact) mass is 531 g/mol. The summed E-state index contributed by atoms with van der Waals surface area (Å²) in [5, 5.41) is 31.4. The Kier molecular flexibility index (Phi) is 14.0. The number of carbonyl (C=O) groups is 5. The van der Waals surface area contributed by atoms with E-state index in [0.717, 1.165) is 0 Å². The first kappa shape index (κ1) is 32.2. The molecular formula is C23H41N5O9. The summed E-state index contributed by atoms with van der Waals surface area (Å²) in [6.45, 7) is 7.49. The van der Waals surface area contributed by atoms with Gasteiger partial charge in [-0.2, -0.15) is 0 Å². The Balaban J connectivity index is 3.09. The molecule has 4 N–H and O–H groups in total. The van der Waals surface area contributed by atoms with E-state index in [1.807, 2.05) is 20.8 Å². The van der Waals surface area contributed by atoms with Crippen molar-refractivity contribution in [3.05, 3.63) is 0 Å². The van der Waals surface area contributed by atoms with Crippen LogP contribution in [0.2, 0.25) is 0 Å². The fourth-order valence-corrected chi connectivity index (χ4v) is 4.04. The Labute approximate surface area is 217 Å². The fourth-order valence-electron chi connectivity index (χ4n) is 4.04. The topological polar surface area (TPSA) is 180 Å². The Morgan fingerprint density at radius 2 is 1.30 bits per heavy atom. The Morgan fingerprint density at radius 1 is 0.838 bits per heavy atom. The van der Waals surface area contributed by atoms with E-state index >= 15 is 0 Å². The molecule has 1 rings (SSSR count). The van der Waals surface area contributed by atoms with Gasteiger partial charge in [-0.25, -0.2) is 0 Å². The first-order valence-electron chi connectivity index (χ1n) is 12.2. The van der Waals surface area contributed by atoms with Gasteiger partial charge in [0.1, 0.15) is 12.8 Å². The van der Waals surface area contributed by atoms with Crippen LogP contribution in [0.4, 0.5) is 0 Å². The molecule has 1 aliphatic rings. The molecule has 0 aromatic heterocycles. The maximum Gasteiger partial charge on any atom is 0.320 e. The van der Waals surface area contributed by atoms with Crippen LogP contribution in [0.25, 0.3) is 0 Å². The zero-order valence-electron chi connectivity index (χ0n) is 21.9. The smallest absolute Gasteiger partial charge is 0.320 e. The van der Waals surface area contributed by atoms with Crippen molar-refractivity contribution in [3.63, 3.8) is 0 Å².